The summed E-state index contributed by atoms with van der Waals surface area (Å²) in [6.45, 7) is 3.38. The molecule has 0 fully saturated rings. The molecule has 0 bridgehead atoms. The van der Waals surface area contributed by atoms with E-state index < -0.39 is 21.7 Å². The van der Waals surface area contributed by atoms with E-state index in [1.807, 2.05) is 6.92 Å². The zero-order chi connectivity index (χ0) is 17.5. The normalized spacial score (nSPS) is 11.8. The van der Waals surface area contributed by atoms with Gasteiger partial charge >= 0.3 is 11.8 Å². The van der Waals surface area contributed by atoms with E-state index in [0.717, 1.165) is 12.8 Å². The highest BCUT2D eigenvalue weighted by Gasteiger charge is 2.63. The van der Waals surface area contributed by atoms with Crippen molar-refractivity contribution in [3.8, 4) is 0 Å². The number of rotatable bonds is 8. The third-order valence-electron chi connectivity index (χ3n) is 3.21. The number of unbranched alkanes of at least 4 members (excludes halogenated alkanes) is 2. The van der Waals surface area contributed by atoms with Crippen LogP contribution in [0.2, 0.25) is 0 Å². The molecule has 0 aromatic heterocycles. The van der Waals surface area contributed by atoms with Crippen molar-refractivity contribution in [3.05, 3.63) is 67.8 Å². The molecule has 0 aliphatic heterocycles. The van der Waals surface area contributed by atoms with Crippen LogP contribution >= 0.6 is 0 Å². The zero-order valence-electron chi connectivity index (χ0n) is 12.9. The van der Waals surface area contributed by atoms with Gasteiger partial charge in [-0.2, -0.15) is 0 Å². The van der Waals surface area contributed by atoms with Crippen LogP contribution in [0.3, 0.4) is 0 Å². The Bertz CT molecular complexity index is 598. The maximum atomic E-state index is 12.0. The van der Waals surface area contributed by atoms with Crippen LogP contribution in [0.1, 0.15) is 38.7 Å². The van der Waals surface area contributed by atoms with Gasteiger partial charge in [0.1, 0.15) is 9.85 Å². The first-order chi connectivity index (χ1) is 10.9. The van der Waals surface area contributed by atoms with Crippen LogP contribution in [0, 0.1) is 20.2 Å². The Morgan fingerprint density at radius 3 is 2.26 bits per heavy atom. The lowest BCUT2D eigenvalue weighted by atomic mass is 10.1. The van der Waals surface area contributed by atoms with E-state index in [1.54, 1.807) is 12.1 Å². The van der Waals surface area contributed by atoms with Crippen molar-refractivity contribution < 1.29 is 19.4 Å². The lowest BCUT2D eigenvalue weighted by Crippen LogP contribution is -2.47. The van der Waals surface area contributed by atoms with Gasteiger partial charge in [0.15, 0.2) is 5.56 Å². The summed E-state index contributed by atoms with van der Waals surface area (Å²) in [5.41, 5.74) is -0.229. The SMILES string of the molecule is CCCCC=C(C)C(=O)OC(c1ccccc1)([N+](=O)[O-])[N+](=O)[O-]. The molecule has 0 amide bonds. The predicted octanol–water partition coefficient (Wildman–Crippen LogP) is 3.03. The maximum Gasteiger partial charge on any atom is 0.651 e. The zero-order valence-corrected chi connectivity index (χ0v) is 12.9. The van der Waals surface area contributed by atoms with E-state index in [2.05, 4.69) is 0 Å². The van der Waals surface area contributed by atoms with E-state index in [9.17, 15) is 25.0 Å². The molecule has 1 aromatic rings. The largest absolute Gasteiger partial charge is 0.651 e. The van der Waals surface area contributed by atoms with Crippen LogP contribution in [0.5, 0.6) is 0 Å². The van der Waals surface area contributed by atoms with Gasteiger partial charge < -0.3 is 4.74 Å². The highest BCUT2D eigenvalue weighted by atomic mass is 16.8. The standard InChI is InChI=1S/C15H18N2O6/c1-3-4-6-9-12(2)14(18)23-15(16(19)20,17(21)22)13-10-7-5-8-11-13/h5,7-11H,3-4,6H2,1-2H3. The molecule has 0 aliphatic rings. The first-order valence-electron chi connectivity index (χ1n) is 7.10. The lowest BCUT2D eigenvalue weighted by Gasteiger charge is -2.16. The molecule has 0 radical (unpaired) electrons. The quantitative estimate of drug-likeness (QED) is 0.181. The topological polar surface area (TPSA) is 113 Å². The molecule has 0 unspecified atom stereocenters. The van der Waals surface area contributed by atoms with Crippen LogP contribution in [0.4, 0.5) is 0 Å². The van der Waals surface area contributed by atoms with E-state index in [-0.39, 0.29) is 11.1 Å². The number of allylic oxidation sites excluding steroid dienone is 1. The summed E-state index contributed by atoms with van der Waals surface area (Å²) in [4.78, 5) is 32.3. The van der Waals surface area contributed by atoms with Crippen molar-refractivity contribution in [2.75, 3.05) is 0 Å². The second kappa shape index (κ2) is 8.02. The smallest absolute Gasteiger partial charge is 0.329 e. The van der Waals surface area contributed by atoms with E-state index in [0.29, 0.717) is 6.42 Å². The Labute approximate surface area is 133 Å². The van der Waals surface area contributed by atoms with E-state index >= 15 is 0 Å². The third-order valence-corrected chi connectivity index (χ3v) is 3.21. The van der Waals surface area contributed by atoms with Gasteiger partial charge in [-0.25, -0.2) is 4.79 Å². The number of carbonyl (C=O) groups is 1. The van der Waals surface area contributed by atoms with Crippen molar-refractivity contribution in [1.82, 2.24) is 0 Å². The molecule has 8 nitrogen and oxygen atoms in total. The lowest BCUT2D eigenvalue weighted by molar-refractivity contribution is -0.858. The van der Waals surface area contributed by atoms with Gasteiger partial charge in [0.2, 0.25) is 0 Å². The minimum atomic E-state index is -3.15. The fraction of sp³-hybridized carbons (Fsp3) is 0.400. The fourth-order valence-electron chi connectivity index (χ4n) is 1.88. The molecular formula is C15H18N2O6. The Kier molecular flexibility index (Phi) is 6.37. The maximum absolute atomic E-state index is 12.0. The second-order valence-electron chi connectivity index (χ2n) is 4.91. The summed E-state index contributed by atoms with van der Waals surface area (Å²) in [5, 5.41) is 22.7. The summed E-state index contributed by atoms with van der Waals surface area (Å²) >= 11 is 0. The summed E-state index contributed by atoms with van der Waals surface area (Å²) in [5.74, 6) is -4.24. The highest BCUT2D eigenvalue weighted by molar-refractivity contribution is 5.87. The molecule has 124 valence electrons. The van der Waals surface area contributed by atoms with Crippen LogP contribution < -0.4 is 0 Å². The summed E-state index contributed by atoms with van der Waals surface area (Å²) in [6, 6.07) is 6.69. The van der Waals surface area contributed by atoms with Crippen molar-refractivity contribution in [2.45, 2.75) is 39.0 Å². The van der Waals surface area contributed by atoms with Crippen LogP contribution in [-0.4, -0.2) is 15.8 Å². The Balaban J connectivity index is 3.18. The number of ether oxygens (including phenoxy) is 1. The monoisotopic (exact) mass is 322 g/mol. The number of nitro groups is 2. The summed E-state index contributed by atoms with van der Waals surface area (Å²) < 4.78 is 4.73. The first kappa shape index (κ1) is 18.3. The predicted molar refractivity (Wildman–Crippen MR) is 81.5 cm³/mol. The first-order valence-corrected chi connectivity index (χ1v) is 7.10. The highest BCUT2D eigenvalue weighted by Crippen LogP contribution is 2.28. The van der Waals surface area contributed by atoms with E-state index in [4.69, 9.17) is 4.74 Å². The van der Waals surface area contributed by atoms with Gasteiger partial charge in [-0.1, -0.05) is 44.0 Å². The molecule has 1 aromatic carbocycles. The molecule has 0 spiro atoms. The fourth-order valence-corrected chi connectivity index (χ4v) is 1.88. The average molecular weight is 322 g/mol. The molecular weight excluding hydrogens is 304 g/mol. The number of carbonyl (C=O) groups excluding carboxylic acids is 1. The van der Waals surface area contributed by atoms with Gasteiger partial charge in [-0.05, 0) is 25.5 Å². The molecule has 8 heteroatoms. The Morgan fingerprint density at radius 2 is 1.78 bits per heavy atom. The van der Waals surface area contributed by atoms with E-state index in [1.165, 1.54) is 31.2 Å². The number of hydrogen-bond acceptors (Lipinski definition) is 6. The van der Waals surface area contributed by atoms with Crippen LogP contribution in [0.15, 0.2) is 42.0 Å². The van der Waals surface area contributed by atoms with Gasteiger partial charge in [0, 0.05) is 5.57 Å². The number of nitrogens with zero attached hydrogens (tertiary/aromatic N) is 2. The number of esters is 1. The molecule has 0 saturated carbocycles. The van der Waals surface area contributed by atoms with Crippen molar-refractivity contribution >= 4 is 5.97 Å². The Morgan fingerprint density at radius 1 is 1.22 bits per heavy atom. The average Bonchev–Trinajstić information content (AvgIpc) is 2.52. The van der Waals surface area contributed by atoms with Gasteiger partial charge in [-0.3, -0.25) is 20.2 Å². The van der Waals surface area contributed by atoms with Crippen LogP contribution in [-0.2, 0) is 15.4 Å². The molecule has 0 N–H and O–H groups in total. The molecule has 23 heavy (non-hydrogen) atoms. The Hall–Kier alpha value is -2.77. The molecule has 1 rings (SSSR count). The van der Waals surface area contributed by atoms with Crippen molar-refractivity contribution in [1.29, 1.82) is 0 Å². The summed E-state index contributed by atoms with van der Waals surface area (Å²) in [6.07, 6.45) is 3.89. The number of benzene rings is 1. The molecule has 0 aliphatic carbocycles. The van der Waals surface area contributed by atoms with Gasteiger partial charge in [0.05, 0.1) is 0 Å². The van der Waals surface area contributed by atoms with Crippen molar-refractivity contribution in [3.63, 3.8) is 0 Å². The third kappa shape index (κ3) is 4.12. The number of hydrogen-bond donors (Lipinski definition) is 0. The molecule has 0 heterocycles. The molecule has 0 saturated heterocycles. The molecule has 0 atom stereocenters. The van der Waals surface area contributed by atoms with Crippen LogP contribution in [0.25, 0.3) is 0 Å². The minimum absolute atomic E-state index is 0.0995. The summed E-state index contributed by atoms with van der Waals surface area (Å²) in [7, 11) is 0. The second-order valence-corrected chi connectivity index (χ2v) is 4.91. The minimum Gasteiger partial charge on any atom is -0.329 e. The van der Waals surface area contributed by atoms with Gasteiger partial charge in [0.25, 0.3) is 0 Å². The van der Waals surface area contributed by atoms with Gasteiger partial charge in [-0.15, -0.1) is 0 Å². The van der Waals surface area contributed by atoms with Crippen molar-refractivity contribution in [2.24, 2.45) is 0 Å².